The first-order valence-corrected chi connectivity index (χ1v) is 11.2. The highest BCUT2D eigenvalue weighted by atomic mass is 35.5. The monoisotopic (exact) mass is 484 g/mol. The van der Waals surface area contributed by atoms with Gasteiger partial charge < -0.3 is 26.3 Å². The molecule has 0 radical (unpaired) electrons. The fraction of sp³-hybridized carbons (Fsp3) is 0.0385. The summed E-state index contributed by atoms with van der Waals surface area (Å²) in [6.07, 6.45) is 3.39. The summed E-state index contributed by atoms with van der Waals surface area (Å²) >= 11 is 5.97. The van der Waals surface area contributed by atoms with Crippen molar-refractivity contribution in [2.75, 3.05) is 21.3 Å². The lowest BCUT2D eigenvalue weighted by molar-refractivity contribution is -0.110. The second-order valence-corrected chi connectivity index (χ2v) is 8.42. The number of urea groups is 1. The number of nitrogens with one attached hydrogen (secondary N) is 5. The SMILES string of the molecule is Cc1[nH]cnc1/C=C1/C(=O)Nc2cc(Nc3cccc(NC(=O)Nc4cccc(Cl)c4)c3)ccc21. The van der Waals surface area contributed by atoms with Crippen molar-refractivity contribution in [1.82, 2.24) is 9.97 Å². The van der Waals surface area contributed by atoms with E-state index in [1.165, 1.54) is 0 Å². The Morgan fingerprint density at radius 2 is 1.66 bits per heavy atom. The number of amides is 3. The second kappa shape index (κ2) is 9.36. The Morgan fingerprint density at radius 3 is 2.40 bits per heavy atom. The third-order valence-electron chi connectivity index (χ3n) is 5.44. The number of H-pyrrole nitrogens is 1. The number of carbonyl (C=O) groups is 2. The number of anilines is 5. The first-order chi connectivity index (χ1) is 16.9. The van der Waals surface area contributed by atoms with Crippen LogP contribution in [0, 0.1) is 6.92 Å². The van der Waals surface area contributed by atoms with Crippen molar-refractivity contribution in [1.29, 1.82) is 0 Å². The van der Waals surface area contributed by atoms with E-state index in [1.54, 1.807) is 42.7 Å². The molecule has 0 aliphatic carbocycles. The zero-order valence-electron chi connectivity index (χ0n) is 18.6. The molecule has 1 aliphatic rings. The average molecular weight is 485 g/mol. The Morgan fingerprint density at radius 1 is 0.943 bits per heavy atom. The highest BCUT2D eigenvalue weighted by Gasteiger charge is 2.24. The summed E-state index contributed by atoms with van der Waals surface area (Å²) in [6.45, 7) is 1.91. The van der Waals surface area contributed by atoms with Crippen LogP contribution in [0.1, 0.15) is 17.0 Å². The van der Waals surface area contributed by atoms with Crippen LogP contribution in [-0.4, -0.2) is 21.9 Å². The van der Waals surface area contributed by atoms with E-state index in [0.717, 1.165) is 34.0 Å². The van der Waals surface area contributed by atoms with E-state index in [1.807, 2.05) is 43.3 Å². The Kier molecular flexibility index (Phi) is 5.95. The number of benzene rings is 3. The van der Waals surface area contributed by atoms with Gasteiger partial charge in [0, 0.05) is 39.0 Å². The molecule has 2 heterocycles. The lowest BCUT2D eigenvalue weighted by Gasteiger charge is -2.11. The molecule has 8 nitrogen and oxygen atoms in total. The topological polar surface area (TPSA) is 111 Å². The van der Waals surface area contributed by atoms with Crippen LogP contribution in [0.3, 0.4) is 0 Å². The first kappa shape index (κ1) is 22.2. The van der Waals surface area contributed by atoms with Crippen LogP contribution < -0.4 is 21.3 Å². The van der Waals surface area contributed by atoms with E-state index < -0.39 is 0 Å². The second-order valence-electron chi connectivity index (χ2n) is 7.98. The number of carbonyl (C=O) groups excluding carboxylic acids is 2. The number of imidazole rings is 1. The summed E-state index contributed by atoms with van der Waals surface area (Å²) in [7, 11) is 0. The Labute approximate surface area is 206 Å². The molecule has 4 aromatic rings. The molecular weight excluding hydrogens is 464 g/mol. The van der Waals surface area contributed by atoms with Gasteiger partial charge in [0.2, 0.25) is 0 Å². The molecule has 35 heavy (non-hydrogen) atoms. The van der Waals surface area contributed by atoms with Crippen molar-refractivity contribution < 1.29 is 9.59 Å². The highest BCUT2D eigenvalue weighted by molar-refractivity contribution is 6.35. The van der Waals surface area contributed by atoms with Crippen molar-refractivity contribution >= 4 is 63.6 Å². The summed E-state index contributed by atoms with van der Waals surface area (Å²) in [4.78, 5) is 32.2. The molecule has 9 heteroatoms. The molecule has 3 amide bonds. The van der Waals surface area contributed by atoms with E-state index in [9.17, 15) is 9.59 Å². The number of fused-ring (bicyclic) bond motifs is 1. The number of nitrogens with zero attached hydrogens (tertiary/aromatic N) is 1. The van der Waals surface area contributed by atoms with Gasteiger partial charge in [-0.3, -0.25) is 4.79 Å². The van der Waals surface area contributed by atoms with Crippen LogP contribution in [0.25, 0.3) is 11.6 Å². The molecule has 0 saturated carbocycles. The van der Waals surface area contributed by atoms with Crippen molar-refractivity contribution in [3.63, 3.8) is 0 Å². The van der Waals surface area contributed by atoms with E-state index in [4.69, 9.17) is 11.6 Å². The molecule has 5 N–H and O–H groups in total. The van der Waals surface area contributed by atoms with Gasteiger partial charge >= 0.3 is 6.03 Å². The third-order valence-corrected chi connectivity index (χ3v) is 5.68. The van der Waals surface area contributed by atoms with E-state index in [0.29, 0.717) is 22.0 Å². The van der Waals surface area contributed by atoms with Crippen molar-refractivity contribution in [3.8, 4) is 0 Å². The largest absolute Gasteiger partial charge is 0.355 e. The number of aromatic nitrogens is 2. The molecule has 5 rings (SSSR count). The van der Waals surface area contributed by atoms with Crippen LogP contribution in [0.2, 0.25) is 5.02 Å². The van der Waals surface area contributed by atoms with Crippen molar-refractivity contribution in [3.05, 3.63) is 95.0 Å². The summed E-state index contributed by atoms with van der Waals surface area (Å²) in [5.41, 5.74) is 6.51. The number of aromatic amines is 1. The van der Waals surface area contributed by atoms with Crippen LogP contribution in [0.15, 0.2) is 73.1 Å². The average Bonchev–Trinajstić information content (AvgIpc) is 3.36. The van der Waals surface area contributed by atoms with Crippen molar-refractivity contribution in [2.24, 2.45) is 0 Å². The minimum absolute atomic E-state index is 0.170. The van der Waals surface area contributed by atoms with Gasteiger partial charge in [0.05, 0.1) is 23.3 Å². The maximum atomic E-state index is 12.5. The molecule has 174 valence electrons. The maximum Gasteiger partial charge on any atom is 0.323 e. The van der Waals surface area contributed by atoms with Gasteiger partial charge in [0.25, 0.3) is 5.91 Å². The predicted octanol–water partition coefficient (Wildman–Crippen LogP) is 6.25. The number of aryl methyl sites for hydroxylation is 1. The molecule has 3 aromatic carbocycles. The van der Waals surface area contributed by atoms with E-state index >= 15 is 0 Å². The quantitative estimate of drug-likeness (QED) is 0.215. The van der Waals surface area contributed by atoms with Gasteiger partial charge in [-0.25, -0.2) is 9.78 Å². The summed E-state index contributed by atoms with van der Waals surface area (Å²) < 4.78 is 0. The molecule has 1 aromatic heterocycles. The Hall–Kier alpha value is -4.56. The third kappa shape index (κ3) is 5.02. The van der Waals surface area contributed by atoms with E-state index in [-0.39, 0.29) is 11.9 Å². The zero-order chi connectivity index (χ0) is 24.4. The molecule has 1 aliphatic heterocycles. The van der Waals surface area contributed by atoms with Gasteiger partial charge in [-0.2, -0.15) is 0 Å². The number of hydrogen-bond donors (Lipinski definition) is 5. The molecule has 0 unspecified atom stereocenters. The summed E-state index contributed by atoms with van der Waals surface area (Å²) in [5.74, 6) is -0.170. The molecule has 0 saturated heterocycles. The standard InChI is InChI=1S/C26H21ClN6O2/c1-15-23(29-14-28-15)13-22-21-9-8-20(12-24(21)33-25(22)34)30-18-6-3-7-19(11-18)32-26(35)31-17-5-2-4-16(27)10-17/h2-14,30H,1H3,(H,28,29)(H,33,34)(H2,31,32,35)/b22-13+. The highest BCUT2D eigenvalue weighted by Crippen LogP contribution is 2.36. The van der Waals surface area contributed by atoms with Crippen LogP contribution in [0.5, 0.6) is 0 Å². The van der Waals surface area contributed by atoms with E-state index in [2.05, 4.69) is 31.2 Å². The minimum atomic E-state index is -0.379. The number of halogens is 1. The smallest absolute Gasteiger partial charge is 0.323 e. The number of hydrogen-bond acceptors (Lipinski definition) is 4. The Bertz CT molecular complexity index is 1480. The molecule has 0 atom stereocenters. The van der Waals surface area contributed by atoms with Gasteiger partial charge in [0.1, 0.15) is 0 Å². The lowest BCUT2D eigenvalue weighted by atomic mass is 10.0. The summed E-state index contributed by atoms with van der Waals surface area (Å²) in [5, 5.41) is 12.3. The predicted molar refractivity (Wildman–Crippen MR) is 140 cm³/mol. The van der Waals surface area contributed by atoms with Gasteiger partial charge in [-0.15, -0.1) is 0 Å². The minimum Gasteiger partial charge on any atom is -0.355 e. The van der Waals surface area contributed by atoms with Gasteiger partial charge in [-0.1, -0.05) is 29.8 Å². The van der Waals surface area contributed by atoms with Crippen molar-refractivity contribution in [2.45, 2.75) is 6.92 Å². The van der Waals surface area contributed by atoms with Gasteiger partial charge in [-0.05, 0) is 61.5 Å². The zero-order valence-corrected chi connectivity index (χ0v) is 19.4. The van der Waals surface area contributed by atoms with Crippen LogP contribution in [0.4, 0.5) is 33.2 Å². The maximum absolute atomic E-state index is 12.5. The number of rotatable bonds is 5. The normalized spacial score (nSPS) is 13.3. The molecule has 0 fully saturated rings. The molecule has 0 bridgehead atoms. The molecular formula is C26H21ClN6O2. The fourth-order valence-electron chi connectivity index (χ4n) is 3.77. The molecule has 0 spiro atoms. The van der Waals surface area contributed by atoms with Gasteiger partial charge in [0.15, 0.2) is 0 Å². The summed E-state index contributed by atoms with van der Waals surface area (Å²) in [6, 6.07) is 19.5. The van der Waals surface area contributed by atoms with Crippen LogP contribution in [-0.2, 0) is 4.79 Å². The fourth-order valence-corrected chi connectivity index (χ4v) is 3.96. The lowest BCUT2D eigenvalue weighted by Crippen LogP contribution is -2.19. The first-order valence-electron chi connectivity index (χ1n) is 10.8. The van der Waals surface area contributed by atoms with Crippen LogP contribution >= 0.6 is 11.6 Å². The Balaban J connectivity index is 1.29.